The third-order valence-corrected chi connectivity index (χ3v) is 4.01. The number of aromatic nitrogens is 4. The summed E-state index contributed by atoms with van der Waals surface area (Å²) in [5.41, 5.74) is 4.42. The SMILES string of the molecule is Cc1cc(C)nc(CNc2nc(N(C)C)nc3c2CCCC3)n1. The number of anilines is 2. The normalized spacial score (nSPS) is 13.6. The molecule has 0 aliphatic heterocycles. The van der Waals surface area contributed by atoms with E-state index < -0.39 is 0 Å². The molecule has 0 amide bonds. The molecule has 0 aromatic carbocycles. The lowest BCUT2D eigenvalue weighted by Crippen LogP contribution is -2.19. The van der Waals surface area contributed by atoms with Crippen LogP contribution >= 0.6 is 0 Å². The van der Waals surface area contributed by atoms with Crippen molar-refractivity contribution in [1.82, 2.24) is 19.9 Å². The summed E-state index contributed by atoms with van der Waals surface area (Å²) < 4.78 is 0. The zero-order valence-electron chi connectivity index (χ0n) is 14.3. The summed E-state index contributed by atoms with van der Waals surface area (Å²) in [5.74, 6) is 2.49. The molecule has 6 nitrogen and oxygen atoms in total. The molecule has 0 spiro atoms. The van der Waals surface area contributed by atoms with Gasteiger partial charge in [0.1, 0.15) is 11.6 Å². The number of aryl methyl sites for hydroxylation is 3. The number of fused-ring (bicyclic) bond motifs is 1. The topological polar surface area (TPSA) is 66.8 Å². The fraction of sp³-hybridized carbons (Fsp3) is 0.529. The van der Waals surface area contributed by atoms with E-state index in [9.17, 15) is 0 Å². The predicted octanol–water partition coefficient (Wildman–Crippen LogP) is 2.44. The Bertz CT molecular complexity index is 690. The Morgan fingerprint density at radius 2 is 1.70 bits per heavy atom. The lowest BCUT2D eigenvalue weighted by molar-refractivity contribution is 0.662. The molecule has 0 atom stereocenters. The molecule has 122 valence electrons. The molecule has 2 aromatic heterocycles. The van der Waals surface area contributed by atoms with Crippen LogP contribution in [0.5, 0.6) is 0 Å². The zero-order valence-corrected chi connectivity index (χ0v) is 14.3. The van der Waals surface area contributed by atoms with Gasteiger partial charge >= 0.3 is 0 Å². The van der Waals surface area contributed by atoms with Crippen molar-refractivity contribution in [3.05, 3.63) is 34.5 Å². The molecule has 6 heteroatoms. The van der Waals surface area contributed by atoms with Crippen LogP contribution in [0.2, 0.25) is 0 Å². The Morgan fingerprint density at radius 3 is 2.39 bits per heavy atom. The summed E-state index contributed by atoms with van der Waals surface area (Å²) in [6, 6.07) is 1.99. The minimum atomic E-state index is 0.582. The van der Waals surface area contributed by atoms with Gasteiger partial charge < -0.3 is 10.2 Å². The van der Waals surface area contributed by atoms with Gasteiger partial charge in [-0.1, -0.05) is 0 Å². The molecule has 0 unspecified atom stereocenters. The standard InChI is InChI=1S/C17H24N6/c1-11-9-12(2)20-15(19-11)10-18-16-13-7-5-6-8-14(13)21-17(22-16)23(3)4/h9H,5-8,10H2,1-4H3,(H,18,21,22). The zero-order chi connectivity index (χ0) is 16.4. The maximum atomic E-state index is 4.70. The molecule has 3 rings (SSSR count). The molecule has 0 fully saturated rings. The first kappa shape index (κ1) is 15.6. The van der Waals surface area contributed by atoms with E-state index in [4.69, 9.17) is 9.97 Å². The molecule has 2 aromatic rings. The first-order valence-corrected chi connectivity index (χ1v) is 8.15. The average Bonchev–Trinajstić information content (AvgIpc) is 2.51. The van der Waals surface area contributed by atoms with Crippen LogP contribution in [-0.4, -0.2) is 34.0 Å². The van der Waals surface area contributed by atoms with Crippen molar-refractivity contribution in [3.63, 3.8) is 0 Å². The highest BCUT2D eigenvalue weighted by atomic mass is 15.2. The molecule has 2 heterocycles. The van der Waals surface area contributed by atoms with Crippen LogP contribution in [0.25, 0.3) is 0 Å². The van der Waals surface area contributed by atoms with Crippen molar-refractivity contribution in [2.45, 2.75) is 46.1 Å². The first-order chi connectivity index (χ1) is 11.0. The van der Waals surface area contributed by atoms with E-state index in [1.165, 1.54) is 24.1 Å². The van der Waals surface area contributed by atoms with E-state index in [0.717, 1.165) is 41.8 Å². The van der Waals surface area contributed by atoms with E-state index in [0.29, 0.717) is 6.54 Å². The average molecular weight is 312 g/mol. The number of rotatable bonds is 4. The smallest absolute Gasteiger partial charge is 0.227 e. The molecule has 1 N–H and O–H groups in total. The van der Waals surface area contributed by atoms with Crippen molar-refractivity contribution in [2.75, 3.05) is 24.3 Å². The summed E-state index contributed by atoms with van der Waals surface area (Å²) in [5, 5.41) is 3.44. The molecular weight excluding hydrogens is 288 g/mol. The van der Waals surface area contributed by atoms with Gasteiger partial charge in [0.25, 0.3) is 0 Å². The third-order valence-electron chi connectivity index (χ3n) is 4.01. The number of hydrogen-bond donors (Lipinski definition) is 1. The molecule has 0 saturated heterocycles. The highest BCUT2D eigenvalue weighted by Gasteiger charge is 2.18. The second kappa shape index (κ2) is 6.48. The molecule has 1 aliphatic carbocycles. The molecule has 0 bridgehead atoms. The summed E-state index contributed by atoms with van der Waals surface area (Å²) in [4.78, 5) is 20.3. The summed E-state index contributed by atoms with van der Waals surface area (Å²) in [6.07, 6.45) is 4.48. The van der Waals surface area contributed by atoms with E-state index in [1.54, 1.807) is 0 Å². The fourth-order valence-corrected chi connectivity index (χ4v) is 2.97. The van der Waals surface area contributed by atoms with Crippen molar-refractivity contribution in [1.29, 1.82) is 0 Å². The van der Waals surface area contributed by atoms with Crippen LogP contribution in [0, 0.1) is 13.8 Å². The van der Waals surface area contributed by atoms with Gasteiger partial charge in [0.15, 0.2) is 0 Å². The summed E-state index contributed by atoms with van der Waals surface area (Å²) >= 11 is 0. The second-order valence-electron chi connectivity index (χ2n) is 6.32. The molecule has 0 saturated carbocycles. The molecule has 0 radical (unpaired) electrons. The highest BCUT2D eigenvalue weighted by Crippen LogP contribution is 2.27. The number of nitrogens with zero attached hydrogens (tertiary/aromatic N) is 5. The van der Waals surface area contributed by atoms with Crippen molar-refractivity contribution >= 4 is 11.8 Å². The Kier molecular flexibility index (Phi) is 4.41. The van der Waals surface area contributed by atoms with Crippen LogP contribution in [0.3, 0.4) is 0 Å². The van der Waals surface area contributed by atoms with Crippen LogP contribution in [-0.2, 0) is 19.4 Å². The lowest BCUT2D eigenvalue weighted by Gasteiger charge is -2.21. The first-order valence-electron chi connectivity index (χ1n) is 8.15. The fourth-order valence-electron chi connectivity index (χ4n) is 2.97. The van der Waals surface area contributed by atoms with Crippen molar-refractivity contribution in [2.24, 2.45) is 0 Å². The van der Waals surface area contributed by atoms with E-state index >= 15 is 0 Å². The monoisotopic (exact) mass is 312 g/mol. The van der Waals surface area contributed by atoms with Gasteiger partial charge in [0.2, 0.25) is 5.95 Å². The predicted molar refractivity (Wildman–Crippen MR) is 91.8 cm³/mol. The van der Waals surface area contributed by atoms with Gasteiger partial charge in [0, 0.05) is 31.0 Å². The number of hydrogen-bond acceptors (Lipinski definition) is 6. The minimum absolute atomic E-state index is 0.582. The van der Waals surface area contributed by atoms with Gasteiger partial charge in [-0.25, -0.2) is 15.0 Å². The van der Waals surface area contributed by atoms with Crippen LogP contribution in [0.1, 0.15) is 41.3 Å². The quantitative estimate of drug-likeness (QED) is 0.935. The van der Waals surface area contributed by atoms with Crippen LogP contribution in [0.4, 0.5) is 11.8 Å². The largest absolute Gasteiger partial charge is 0.362 e. The van der Waals surface area contributed by atoms with E-state index in [2.05, 4.69) is 15.3 Å². The van der Waals surface area contributed by atoms with Crippen LogP contribution in [0.15, 0.2) is 6.07 Å². The van der Waals surface area contributed by atoms with E-state index in [-0.39, 0.29) is 0 Å². The van der Waals surface area contributed by atoms with E-state index in [1.807, 2.05) is 38.9 Å². The van der Waals surface area contributed by atoms with Crippen molar-refractivity contribution in [3.8, 4) is 0 Å². The van der Waals surface area contributed by atoms with Gasteiger partial charge in [0.05, 0.1) is 12.2 Å². The highest BCUT2D eigenvalue weighted by molar-refractivity contribution is 5.52. The summed E-state index contributed by atoms with van der Waals surface area (Å²) in [6.45, 7) is 4.57. The Balaban J connectivity index is 1.87. The Morgan fingerprint density at radius 1 is 1.00 bits per heavy atom. The van der Waals surface area contributed by atoms with Gasteiger partial charge in [-0.2, -0.15) is 4.98 Å². The number of nitrogens with one attached hydrogen (secondary N) is 1. The second-order valence-corrected chi connectivity index (χ2v) is 6.32. The Hall–Kier alpha value is -2.24. The van der Waals surface area contributed by atoms with Gasteiger partial charge in [-0.15, -0.1) is 0 Å². The summed E-state index contributed by atoms with van der Waals surface area (Å²) in [7, 11) is 3.95. The molecule has 1 aliphatic rings. The maximum Gasteiger partial charge on any atom is 0.227 e. The van der Waals surface area contributed by atoms with Gasteiger partial charge in [-0.3, -0.25) is 0 Å². The van der Waals surface area contributed by atoms with Crippen LogP contribution < -0.4 is 10.2 Å². The minimum Gasteiger partial charge on any atom is -0.362 e. The van der Waals surface area contributed by atoms with Gasteiger partial charge in [-0.05, 0) is 45.6 Å². The molecule has 23 heavy (non-hydrogen) atoms. The van der Waals surface area contributed by atoms with Crippen molar-refractivity contribution < 1.29 is 0 Å². The maximum absolute atomic E-state index is 4.70. The third kappa shape index (κ3) is 3.57. The Labute approximate surface area is 137 Å². The molecular formula is C17H24N6. The lowest BCUT2D eigenvalue weighted by atomic mass is 9.96.